The van der Waals surface area contributed by atoms with Gasteiger partial charge in [0.15, 0.2) is 5.16 Å². The molecule has 0 spiro atoms. The van der Waals surface area contributed by atoms with Gasteiger partial charge in [0.1, 0.15) is 0 Å². The zero-order chi connectivity index (χ0) is 7.40. The predicted octanol–water partition coefficient (Wildman–Crippen LogP) is 1.94. The quantitative estimate of drug-likeness (QED) is 0.389. The third kappa shape index (κ3) is 1.85. The van der Waals surface area contributed by atoms with Gasteiger partial charge >= 0.3 is 0 Å². The molecule has 10 heavy (non-hydrogen) atoms. The molecule has 1 rings (SSSR count). The van der Waals surface area contributed by atoms with Crippen LogP contribution >= 0.6 is 23.4 Å². The topological polar surface area (TPSA) is 25.8 Å². The highest BCUT2D eigenvalue weighted by Crippen LogP contribution is 2.08. The van der Waals surface area contributed by atoms with Gasteiger partial charge in [-0.15, -0.1) is 11.6 Å². The Balaban J connectivity index is 2.87. The number of alkyl halides is 1. The molecule has 0 unspecified atom stereocenters. The minimum atomic E-state index is 0.454. The van der Waals surface area contributed by atoms with Crippen LogP contribution in [0.5, 0.6) is 0 Å². The Labute approximate surface area is 69.0 Å². The van der Waals surface area contributed by atoms with Crippen LogP contribution < -0.4 is 0 Å². The molecule has 0 amide bonds. The van der Waals surface area contributed by atoms with Crippen LogP contribution in [0, 0.1) is 0 Å². The summed E-state index contributed by atoms with van der Waals surface area (Å²) >= 11 is 7.07. The Morgan fingerprint density at radius 3 is 3.10 bits per heavy atom. The van der Waals surface area contributed by atoms with Gasteiger partial charge in [-0.05, 0) is 12.3 Å². The zero-order valence-electron chi connectivity index (χ0n) is 5.54. The van der Waals surface area contributed by atoms with E-state index in [1.807, 2.05) is 12.3 Å². The molecule has 0 saturated heterocycles. The van der Waals surface area contributed by atoms with Crippen molar-refractivity contribution >= 4 is 23.4 Å². The lowest BCUT2D eigenvalue weighted by Crippen LogP contribution is -1.89. The number of halogens is 1. The molecule has 0 saturated carbocycles. The van der Waals surface area contributed by atoms with Crippen LogP contribution in [0.1, 0.15) is 5.69 Å². The lowest BCUT2D eigenvalue weighted by Gasteiger charge is -1.95. The van der Waals surface area contributed by atoms with Crippen molar-refractivity contribution < 1.29 is 0 Å². The lowest BCUT2D eigenvalue weighted by atomic mass is 10.5. The van der Waals surface area contributed by atoms with E-state index in [4.69, 9.17) is 11.6 Å². The Hall–Kier alpha value is -0.280. The molecule has 54 valence electrons. The number of aromatic nitrogens is 2. The van der Waals surface area contributed by atoms with E-state index in [2.05, 4.69) is 9.97 Å². The minimum absolute atomic E-state index is 0.454. The van der Waals surface area contributed by atoms with Crippen molar-refractivity contribution in [2.24, 2.45) is 0 Å². The molecule has 1 aromatic heterocycles. The Bertz CT molecular complexity index is 197. The molecule has 0 N–H and O–H groups in total. The monoisotopic (exact) mass is 174 g/mol. The van der Waals surface area contributed by atoms with Crippen molar-refractivity contribution in [1.29, 1.82) is 0 Å². The number of nitrogens with zero attached hydrogens (tertiary/aromatic N) is 2. The van der Waals surface area contributed by atoms with Gasteiger partial charge in [0.25, 0.3) is 0 Å². The average molecular weight is 175 g/mol. The van der Waals surface area contributed by atoms with E-state index in [1.165, 1.54) is 11.8 Å². The molecule has 2 nitrogen and oxygen atoms in total. The largest absolute Gasteiger partial charge is 0.231 e. The number of thioether (sulfide) groups is 1. The van der Waals surface area contributed by atoms with E-state index in [1.54, 1.807) is 6.20 Å². The molecule has 0 radical (unpaired) electrons. The van der Waals surface area contributed by atoms with Crippen molar-refractivity contribution in [2.45, 2.75) is 11.0 Å². The summed E-state index contributed by atoms with van der Waals surface area (Å²) in [6, 6.07) is 1.81. The van der Waals surface area contributed by atoms with Gasteiger partial charge in [-0.2, -0.15) is 0 Å². The zero-order valence-corrected chi connectivity index (χ0v) is 7.11. The van der Waals surface area contributed by atoms with Gasteiger partial charge in [0.2, 0.25) is 0 Å². The predicted molar refractivity (Wildman–Crippen MR) is 43.4 cm³/mol. The van der Waals surface area contributed by atoms with Crippen LogP contribution in [0.15, 0.2) is 17.4 Å². The highest BCUT2D eigenvalue weighted by molar-refractivity contribution is 7.98. The number of hydrogen-bond donors (Lipinski definition) is 0. The van der Waals surface area contributed by atoms with Crippen LogP contribution in [0.25, 0.3) is 0 Å². The Morgan fingerprint density at radius 2 is 2.50 bits per heavy atom. The van der Waals surface area contributed by atoms with Crippen LogP contribution in [-0.2, 0) is 5.88 Å². The van der Waals surface area contributed by atoms with Crippen molar-refractivity contribution in [2.75, 3.05) is 6.26 Å². The third-order valence-corrected chi connectivity index (χ3v) is 1.85. The maximum atomic E-state index is 5.56. The lowest BCUT2D eigenvalue weighted by molar-refractivity contribution is 0.927. The summed E-state index contributed by atoms with van der Waals surface area (Å²) in [5, 5.41) is 0.776. The van der Waals surface area contributed by atoms with E-state index < -0.39 is 0 Å². The van der Waals surface area contributed by atoms with Gasteiger partial charge < -0.3 is 0 Å². The van der Waals surface area contributed by atoms with Gasteiger partial charge in [0, 0.05) is 6.20 Å². The average Bonchev–Trinajstić information content (AvgIpc) is 2.05. The molecule has 0 aromatic carbocycles. The summed E-state index contributed by atoms with van der Waals surface area (Å²) < 4.78 is 0. The van der Waals surface area contributed by atoms with Gasteiger partial charge in [0.05, 0.1) is 11.6 Å². The van der Waals surface area contributed by atoms with Crippen molar-refractivity contribution in [1.82, 2.24) is 9.97 Å². The van der Waals surface area contributed by atoms with Crippen LogP contribution in [0.4, 0.5) is 0 Å². The molecule has 0 aliphatic rings. The second-order valence-corrected chi connectivity index (χ2v) is 2.71. The molecule has 1 aromatic rings. The van der Waals surface area contributed by atoms with Gasteiger partial charge in [-0.3, -0.25) is 0 Å². The smallest absolute Gasteiger partial charge is 0.187 e. The molecule has 4 heteroatoms. The van der Waals surface area contributed by atoms with E-state index in [0.29, 0.717) is 5.88 Å². The first-order valence-corrected chi connectivity index (χ1v) is 4.54. The van der Waals surface area contributed by atoms with Crippen molar-refractivity contribution in [3.05, 3.63) is 18.0 Å². The van der Waals surface area contributed by atoms with E-state index in [0.717, 1.165) is 10.9 Å². The van der Waals surface area contributed by atoms with Crippen LogP contribution in [0.3, 0.4) is 0 Å². The summed E-state index contributed by atoms with van der Waals surface area (Å²) in [5.74, 6) is 0.454. The number of rotatable bonds is 2. The highest BCUT2D eigenvalue weighted by Gasteiger charge is 1.94. The summed E-state index contributed by atoms with van der Waals surface area (Å²) in [7, 11) is 0. The summed E-state index contributed by atoms with van der Waals surface area (Å²) in [4.78, 5) is 8.13. The number of hydrogen-bond acceptors (Lipinski definition) is 3. The summed E-state index contributed by atoms with van der Waals surface area (Å²) in [5.41, 5.74) is 0.876. The second-order valence-electron chi connectivity index (χ2n) is 1.67. The fourth-order valence-electron chi connectivity index (χ4n) is 0.549. The normalized spacial score (nSPS) is 9.80. The van der Waals surface area contributed by atoms with Gasteiger partial charge in [-0.1, -0.05) is 11.8 Å². The fourth-order valence-corrected chi connectivity index (χ4v) is 1.07. The highest BCUT2D eigenvalue weighted by atomic mass is 35.5. The molecule has 0 fully saturated rings. The summed E-state index contributed by atoms with van der Waals surface area (Å²) in [6.45, 7) is 0. The van der Waals surface area contributed by atoms with Gasteiger partial charge in [-0.25, -0.2) is 9.97 Å². The first-order chi connectivity index (χ1) is 4.86. The Kier molecular flexibility index (Phi) is 2.96. The standard InChI is InChI=1S/C6H7ClN2S/c1-10-6-8-3-2-5(4-7)9-6/h2-3H,4H2,1H3. The molecule has 0 aliphatic heterocycles. The van der Waals surface area contributed by atoms with Crippen LogP contribution in [-0.4, -0.2) is 16.2 Å². The molecular weight excluding hydrogens is 168 g/mol. The fraction of sp³-hybridized carbons (Fsp3) is 0.333. The molecular formula is C6H7ClN2S. The van der Waals surface area contributed by atoms with E-state index in [9.17, 15) is 0 Å². The molecule has 0 bridgehead atoms. The third-order valence-electron chi connectivity index (χ3n) is 1.01. The molecule has 0 aliphatic carbocycles. The maximum absolute atomic E-state index is 5.56. The first kappa shape index (κ1) is 7.82. The van der Waals surface area contributed by atoms with Crippen molar-refractivity contribution in [3.8, 4) is 0 Å². The van der Waals surface area contributed by atoms with Crippen molar-refractivity contribution in [3.63, 3.8) is 0 Å². The Morgan fingerprint density at radius 1 is 1.70 bits per heavy atom. The van der Waals surface area contributed by atoms with E-state index in [-0.39, 0.29) is 0 Å². The SMILES string of the molecule is CSc1nccc(CCl)n1. The molecule has 0 atom stereocenters. The van der Waals surface area contributed by atoms with Crippen LogP contribution in [0.2, 0.25) is 0 Å². The first-order valence-electron chi connectivity index (χ1n) is 2.78. The van der Waals surface area contributed by atoms with E-state index >= 15 is 0 Å². The summed E-state index contributed by atoms with van der Waals surface area (Å²) in [6.07, 6.45) is 3.66. The minimum Gasteiger partial charge on any atom is -0.231 e. The molecule has 1 heterocycles. The second kappa shape index (κ2) is 3.78. The maximum Gasteiger partial charge on any atom is 0.187 e.